The van der Waals surface area contributed by atoms with Gasteiger partial charge in [-0.05, 0) is 66.8 Å². The lowest BCUT2D eigenvalue weighted by Gasteiger charge is -2.22. The Labute approximate surface area is 305 Å². The van der Waals surface area contributed by atoms with E-state index in [1.807, 2.05) is 31.2 Å². The van der Waals surface area contributed by atoms with Crippen LogP contribution >= 0.6 is 11.6 Å². The number of ether oxygens (including phenoxy) is 1. The number of hydrogen-bond acceptors (Lipinski definition) is 8. The number of imidazole rings is 1. The normalized spacial score (nSPS) is 11.7. The molecule has 20 heteroatoms. The number of H-pyrrole nitrogens is 1. The van der Waals surface area contributed by atoms with Crippen LogP contribution in [-0.2, 0) is 16.0 Å². The van der Waals surface area contributed by atoms with E-state index in [2.05, 4.69) is 15.3 Å². The summed E-state index contributed by atoms with van der Waals surface area (Å²) in [5.41, 5.74) is 8.70. The third kappa shape index (κ3) is 11.0. The Kier molecular flexibility index (Phi) is 13.8. The molecule has 0 amide bonds. The van der Waals surface area contributed by atoms with Gasteiger partial charge in [-0.25, -0.2) is 28.7 Å². The third-order valence-corrected chi connectivity index (χ3v) is 7.33. The number of rotatable bonds is 9. The van der Waals surface area contributed by atoms with Crippen LogP contribution in [0.3, 0.4) is 0 Å². The highest BCUT2D eigenvalue weighted by atomic mass is 35.5. The van der Waals surface area contributed by atoms with Crippen LogP contribution in [0.25, 0.3) is 22.0 Å². The summed E-state index contributed by atoms with van der Waals surface area (Å²) < 4.78 is 85.0. The number of carboxylic acid groups (broad SMARTS) is 3. The van der Waals surface area contributed by atoms with E-state index in [0.29, 0.717) is 52.2 Å². The van der Waals surface area contributed by atoms with Gasteiger partial charge in [0.05, 0.1) is 17.9 Å². The number of anilines is 2. The number of nitrogens with one attached hydrogen (secondary N) is 2. The first-order valence-electron chi connectivity index (χ1n) is 15.2. The largest absolute Gasteiger partial charge is 0.491 e. The number of fused-ring (bicyclic) bond motifs is 1. The van der Waals surface area contributed by atoms with Crippen molar-refractivity contribution < 1.29 is 65.2 Å². The van der Waals surface area contributed by atoms with E-state index in [1.165, 1.54) is 6.07 Å². The van der Waals surface area contributed by atoms with E-state index in [-0.39, 0.29) is 11.3 Å². The molecule has 7 N–H and O–H groups in total. The molecule has 0 spiro atoms. The van der Waals surface area contributed by atoms with E-state index in [0.717, 1.165) is 16.3 Å². The highest BCUT2D eigenvalue weighted by molar-refractivity contribution is 6.31. The fourth-order valence-electron chi connectivity index (χ4n) is 4.64. The fourth-order valence-corrected chi connectivity index (χ4v) is 4.82. The van der Waals surface area contributed by atoms with Crippen molar-refractivity contribution in [1.82, 2.24) is 15.0 Å². The summed E-state index contributed by atoms with van der Waals surface area (Å²) in [6.07, 6.45) is -6.28. The smallest absolute Gasteiger partial charge is 0.490 e. The molecule has 12 nitrogen and oxygen atoms in total. The van der Waals surface area contributed by atoms with Gasteiger partial charge in [-0.15, -0.1) is 0 Å². The van der Waals surface area contributed by atoms with Crippen LogP contribution < -0.4 is 15.8 Å². The zero-order valence-corrected chi connectivity index (χ0v) is 28.6. The lowest BCUT2D eigenvalue weighted by molar-refractivity contribution is -0.193. The van der Waals surface area contributed by atoms with Crippen LogP contribution in [0.4, 0.5) is 42.2 Å². The molecule has 288 valence electrons. The van der Waals surface area contributed by atoms with E-state index in [1.54, 1.807) is 43.6 Å². The average molecular weight is 788 g/mol. The van der Waals surface area contributed by atoms with Gasteiger partial charge >= 0.3 is 30.3 Å². The third-order valence-electron chi connectivity index (χ3n) is 7.10. The van der Waals surface area contributed by atoms with Crippen LogP contribution in [-0.4, -0.2) is 67.1 Å². The monoisotopic (exact) mass is 787 g/mol. The standard InChI is InChI=1S/C30H27ClFN5O3.2C2HF3O2/c1-3-16-11-23(26(32)25(12-16)40-4-2)27(36-19-6-8-20-17(13-19)9-10-34-28(20)33)29-35-15-24(37-29)21-7-5-18(31)14-22(21)30(38)39;2*3-2(4,5)1(6)7/h5-15,27,36H,3-4H2,1-2H3,(H2,33,34)(H,35,37)(H,38,39);2*(H,6,7). The van der Waals surface area contributed by atoms with Gasteiger partial charge in [0.15, 0.2) is 11.6 Å². The molecule has 1 unspecified atom stereocenters. The number of pyridine rings is 1. The van der Waals surface area contributed by atoms with Gasteiger partial charge in [0.1, 0.15) is 17.7 Å². The second-order valence-corrected chi connectivity index (χ2v) is 11.2. The minimum atomic E-state index is -5.08. The molecule has 0 saturated heterocycles. The molecule has 0 aliphatic carbocycles. The molecular formula is C34H29ClF7N5O7. The Balaban J connectivity index is 0.000000476. The van der Waals surface area contributed by atoms with Crippen molar-refractivity contribution in [2.24, 2.45) is 0 Å². The highest BCUT2D eigenvalue weighted by Crippen LogP contribution is 2.35. The maximum absolute atomic E-state index is 15.9. The van der Waals surface area contributed by atoms with E-state index < -0.39 is 42.1 Å². The number of aromatic amines is 1. The van der Waals surface area contributed by atoms with Crippen LogP contribution in [0.5, 0.6) is 5.75 Å². The van der Waals surface area contributed by atoms with Crippen molar-refractivity contribution in [3.8, 4) is 17.0 Å². The second kappa shape index (κ2) is 17.6. The Morgan fingerprint density at radius 1 is 0.944 bits per heavy atom. The molecule has 0 aliphatic heterocycles. The number of halogens is 8. The number of nitrogens with two attached hydrogens (primary N) is 1. The number of nitrogen functional groups attached to an aromatic ring is 1. The van der Waals surface area contributed by atoms with Gasteiger partial charge in [0.25, 0.3) is 0 Å². The molecule has 2 heterocycles. The van der Waals surface area contributed by atoms with Crippen molar-refractivity contribution in [2.75, 3.05) is 17.7 Å². The number of carboxylic acids is 3. The molecule has 5 aromatic rings. The predicted molar refractivity (Wildman–Crippen MR) is 182 cm³/mol. The summed E-state index contributed by atoms with van der Waals surface area (Å²) in [6.45, 7) is 4.09. The van der Waals surface area contributed by atoms with Gasteiger partial charge in [-0.2, -0.15) is 26.3 Å². The van der Waals surface area contributed by atoms with E-state index in [4.69, 9.17) is 46.9 Å². The molecule has 0 bridgehead atoms. The molecular weight excluding hydrogens is 759 g/mol. The number of aromatic carboxylic acids is 1. The lowest BCUT2D eigenvalue weighted by Crippen LogP contribution is -2.21. The van der Waals surface area contributed by atoms with Crippen molar-refractivity contribution >= 4 is 51.8 Å². The summed E-state index contributed by atoms with van der Waals surface area (Å²) in [7, 11) is 0. The van der Waals surface area contributed by atoms with Gasteiger partial charge in [0.2, 0.25) is 0 Å². The van der Waals surface area contributed by atoms with E-state index in [9.17, 15) is 36.2 Å². The van der Waals surface area contributed by atoms with Gasteiger partial charge in [-0.1, -0.05) is 30.7 Å². The Bertz CT molecular complexity index is 2120. The molecule has 1 atom stereocenters. The molecule has 2 aromatic heterocycles. The molecule has 0 saturated carbocycles. The average Bonchev–Trinajstić information content (AvgIpc) is 3.58. The van der Waals surface area contributed by atoms with Gasteiger partial charge < -0.3 is 36.1 Å². The number of aryl methyl sites for hydroxylation is 1. The summed E-state index contributed by atoms with van der Waals surface area (Å²) in [5.74, 6) is -6.22. The number of aliphatic carboxylic acids is 2. The summed E-state index contributed by atoms with van der Waals surface area (Å²) in [5, 5.41) is 29.4. The first-order valence-corrected chi connectivity index (χ1v) is 15.6. The molecule has 3 aromatic carbocycles. The Hall–Kier alpha value is -6.11. The number of alkyl halides is 6. The van der Waals surface area contributed by atoms with Crippen molar-refractivity contribution in [3.05, 3.63) is 100 Å². The number of aromatic nitrogens is 3. The number of benzene rings is 3. The van der Waals surface area contributed by atoms with Crippen LogP contribution in [0.2, 0.25) is 5.02 Å². The predicted octanol–water partition coefficient (Wildman–Crippen LogP) is 8.13. The van der Waals surface area contributed by atoms with Crippen molar-refractivity contribution in [3.63, 3.8) is 0 Å². The zero-order chi connectivity index (χ0) is 40.5. The zero-order valence-electron chi connectivity index (χ0n) is 27.8. The van der Waals surface area contributed by atoms with Crippen LogP contribution in [0.1, 0.15) is 47.2 Å². The summed E-state index contributed by atoms with van der Waals surface area (Å²) in [6, 6.07) is 14.7. The second-order valence-electron chi connectivity index (χ2n) is 10.8. The van der Waals surface area contributed by atoms with Crippen LogP contribution in [0.15, 0.2) is 67.0 Å². The summed E-state index contributed by atoms with van der Waals surface area (Å²) >= 11 is 6.05. The Morgan fingerprint density at radius 3 is 2.13 bits per heavy atom. The molecule has 0 fully saturated rings. The quantitative estimate of drug-likeness (QED) is 0.0788. The first-order chi connectivity index (χ1) is 25.2. The maximum Gasteiger partial charge on any atom is 0.490 e. The molecule has 0 radical (unpaired) electrons. The highest BCUT2D eigenvalue weighted by Gasteiger charge is 2.39. The molecule has 5 rings (SSSR count). The van der Waals surface area contributed by atoms with Gasteiger partial charge in [0, 0.05) is 39.6 Å². The van der Waals surface area contributed by atoms with E-state index >= 15 is 4.39 Å². The molecule has 54 heavy (non-hydrogen) atoms. The number of nitrogens with zero attached hydrogens (tertiary/aromatic N) is 2. The minimum absolute atomic E-state index is 0.00794. The fraction of sp³-hybridized carbons (Fsp3) is 0.206. The number of carbonyl (C=O) groups is 3. The maximum atomic E-state index is 15.9. The van der Waals surface area contributed by atoms with Gasteiger partial charge in [-0.3, -0.25) is 0 Å². The first kappa shape index (κ1) is 42.3. The molecule has 0 aliphatic rings. The Morgan fingerprint density at radius 2 is 1.57 bits per heavy atom. The van der Waals surface area contributed by atoms with Crippen molar-refractivity contribution in [2.45, 2.75) is 38.7 Å². The lowest BCUT2D eigenvalue weighted by atomic mass is 9.99. The van der Waals surface area contributed by atoms with Crippen LogP contribution in [0, 0.1) is 5.82 Å². The minimum Gasteiger partial charge on any atom is -0.491 e. The SMILES string of the molecule is CCOc1cc(CC)cc(C(Nc2ccc3c(N)nccc3c2)c2nc(-c3ccc(Cl)cc3C(=O)O)c[nH]2)c1F.O=C(O)C(F)(F)F.O=C(O)C(F)(F)F. The number of hydrogen-bond donors (Lipinski definition) is 6. The topological polar surface area (TPSA) is 201 Å². The summed E-state index contributed by atoms with van der Waals surface area (Å²) in [4.78, 5) is 41.7. The van der Waals surface area contributed by atoms with Crippen molar-refractivity contribution in [1.29, 1.82) is 0 Å².